The van der Waals surface area contributed by atoms with Crippen LogP contribution >= 0.6 is 0 Å². The number of methoxy groups -OCH3 is 1. The summed E-state index contributed by atoms with van der Waals surface area (Å²) in [6.07, 6.45) is 4.45. The first-order chi connectivity index (χ1) is 13.2. The second kappa shape index (κ2) is 7.65. The molecule has 1 fully saturated rings. The standard InChI is InChI=1S/C23H25NO3/c1-27-23(26)21(22(25)15-9-3-2-4-10-15)24-20-18-13-7-5-11-16(18)17-12-6-8-14-19(17)20/h5-8,11-15,21-22,25H,2-4,9-10H2,1H3. The van der Waals surface area contributed by atoms with Crippen molar-refractivity contribution in [1.29, 1.82) is 0 Å². The zero-order valence-corrected chi connectivity index (χ0v) is 15.6. The summed E-state index contributed by atoms with van der Waals surface area (Å²) in [4.78, 5) is 17.3. The Morgan fingerprint density at radius 3 is 2.00 bits per heavy atom. The fraction of sp³-hybridized carbons (Fsp3) is 0.391. The molecular formula is C23H25NO3. The molecular weight excluding hydrogens is 338 g/mol. The Balaban J connectivity index is 1.77. The van der Waals surface area contributed by atoms with Gasteiger partial charge in [-0.1, -0.05) is 67.8 Å². The highest BCUT2D eigenvalue weighted by Gasteiger charge is 2.36. The smallest absolute Gasteiger partial charge is 0.333 e. The van der Waals surface area contributed by atoms with Crippen molar-refractivity contribution < 1.29 is 14.6 Å². The van der Waals surface area contributed by atoms with Crippen LogP contribution in [0.15, 0.2) is 53.5 Å². The minimum absolute atomic E-state index is 0.0964. The van der Waals surface area contributed by atoms with Gasteiger partial charge in [0, 0.05) is 11.1 Å². The highest BCUT2D eigenvalue weighted by Crippen LogP contribution is 2.37. The Hall–Kier alpha value is -2.46. The van der Waals surface area contributed by atoms with Crippen LogP contribution in [-0.4, -0.2) is 36.0 Å². The zero-order valence-electron chi connectivity index (χ0n) is 15.6. The van der Waals surface area contributed by atoms with E-state index >= 15 is 0 Å². The Labute approximate surface area is 159 Å². The fourth-order valence-electron chi connectivity index (χ4n) is 4.39. The molecule has 0 radical (unpaired) electrons. The first-order valence-electron chi connectivity index (χ1n) is 9.73. The lowest BCUT2D eigenvalue weighted by Gasteiger charge is -2.29. The molecule has 0 saturated heterocycles. The van der Waals surface area contributed by atoms with Crippen LogP contribution in [0.25, 0.3) is 11.1 Å². The molecule has 0 spiro atoms. The Morgan fingerprint density at radius 2 is 1.48 bits per heavy atom. The first-order valence-corrected chi connectivity index (χ1v) is 9.73. The van der Waals surface area contributed by atoms with Crippen LogP contribution in [-0.2, 0) is 9.53 Å². The second-order valence-corrected chi connectivity index (χ2v) is 7.43. The summed E-state index contributed by atoms with van der Waals surface area (Å²) in [5.74, 6) is -0.374. The number of aliphatic hydroxyl groups excluding tert-OH is 1. The van der Waals surface area contributed by atoms with E-state index in [-0.39, 0.29) is 5.92 Å². The summed E-state index contributed by atoms with van der Waals surface area (Å²) in [7, 11) is 1.36. The van der Waals surface area contributed by atoms with Crippen molar-refractivity contribution in [2.24, 2.45) is 10.9 Å². The van der Waals surface area contributed by atoms with E-state index < -0.39 is 18.1 Å². The van der Waals surface area contributed by atoms with Gasteiger partial charge in [-0.05, 0) is 29.9 Å². The van der Waals surface area contributed by atoms with E-state index in [0.29, 0.717) is 0 Å². The highest BCUT2D eigenvalue weighted by atomic mass is 16.5. The molecule has 27 heavy (non-hydrogen) atoms. The van der Waals surface area contributed by atoms with Crippen LogP contribution in [0.2, 0.25) is 0 Å². The van der Waals surface area contributed by atoms with E-state index in [4.69, 9.17) is 9.73 Å². The number of nitrogens with zero attached hydrogens (tertiary/aromatic N) is 1. The fourth-order valence-corrected chi connectivity index (χ4v) is 4.39. The Bertz CT molecular complexity index is 820. The molecule has 2 unspecified atom stereocenters. The third-order valence-electron chi connectivity index (χ3n) is 5.82. The third kappa shape index (κ3) is 3.30. The molecule has 4 heteroatoms. The maximum atomic E-state index is 12.5. The predicted octanol–water partition coefficient (Wildman–Crippen LogP) is 3.99. The molecule has 140 valence electrons. The van der Waals surface area contributed by atoms with E-state index in [2.05, 4.69) is 12.1 Å². The van der Waals surface area contributed by atoms with E-state index in [1.807, 2.05) is 36.4 Å². The van der Waals surface area contributed by atoms with Gasteiger partial charge in [-0.15, -0.1) is 0 Å². The number of ether oxygens (including phenoxy) is 1. The number of aliphatic hydroxyl groups is 1. The quantitative estimate of drug-likeness (QED) is 0.713. The number of hydrogen-bond donors (Lipinski definition) is 1. The number of carbonyl (C=O) groups is 1. The molecule has 4 rings (SSSR count). The Kier molecular flexibility index (Phi) is 5.08. The lowest BCUT2D eigenvalue weighted by atomic mass is 9.82. The van der Waals surface area contributed by atoms with Crippen LogP contribution in [0.3, 0.4) is 0 Å². The number of hydrogen-bond acceptors (Lipinski definition) is 4. The van der Waals surface area contributed by atoms with E-state index in [0.717, 1.165) is 53.6 Å². The molecule has 2 aliphatic carbocycles. The monoisotopic (exact) mass is 363 g/mol. The van der Waals surface area contributed by atoms with Gasteiger partial charge in [0.25, 0.3) is 0 Å². The van der Waals surface area contributed by atoms with Gasteiger partial charge >= 0.3 is 5.97 Å². The van der Waals surface area contributed by atoms with Crippen molar-refractivity contribution in [3.63, 3.8) is 0 Å². The van der Waals surface area contributed by atoms with Crippen LogP contribution in [0.4, 0.5) is 0 Å². The number of carbonyl (C=O) groups excluding carboxylic acids is 1. The average molecular weight is 363 g/mol. The van der Waals surface area contributed by atoms with E-state index in [1.54, 1.807) is 0 Å². The molecule has 2 aliphatic rings. The minimum atomic E-state index is -0.896. The van der Waals surface area contributed by atoms with Crippen molar-refractivity contribution in [2.45, 2.75) is 44.2 Å². The van der Waals surface area contributed by atoms with Gasteiger partial charge in [-0.25, -0.2) is 4.79 Å². The molecule has 4 nitrogen and oxygen atoms in total. The summed E-state index contributed by atoms with van der Waals surface area (Å²) in [6.45, 7) is 0. The van der Waals surface area contributed by atoms with E-state index in [9.17, 15) is 9.90 Å². The summed E-state index contributed by atoms with van der Waals surface area (Å²) in [6, 6.07) is 15.3. The average Bonchev–Trinajstić information content (AvgIpc) is 3.05. The van der Waals surface area contributed by atoms with Crippen LogP contribution in [0, 0.1) is 5.92 Å². The topological polar surface area (TPSA) is 58.9 Å². The lowest BCUT2D eigenvalue weighted by molar-refractivity contribution is -0.146. The summed E-state index contributed by atoms with van der Waals surface area (Å²) in [5, 5.41) is 11.0. The van der Waals surface area contributed by atoms with Crippen molar-refractivity contribution in [3.8, 4) is 11.1 Å². The van der Waals surface area contributed by atoms with Gasteiger partial charge in [0.1, 0.15) is 0 Å². The zero-order chi connectivity index (χ0) is 18.8. The normalized spacial score (nSPS) is 18.4. The second-order valence-electron chi connectivity index (χ2n) is 7.43. The maximum absolute atomic E-state index is 12.5. The molecule has 2 aromatic rings. The van der Waals surface area contributed by atoms with Crippen LogP contribution < -0.4 is 0 Å². The van der Waals surface area contributed by atoms with Gasteiger partial charge in [0.05, 0.1) is 18.9 Å². The molecule has 0 heterocycles. The van der Waals surface area contributed by atoms with Crippen molar-refractivity contribution >= 4 is 11.7 Å². The molecule has 0 bridgehead atoms. The van der Waals surface area contributed by atoms with Crippen LogP contribution in [0.1, 0.15) is 43.2 Å². The van der Waals surface area contributed by atoms with Gasteiger partial charge in [0.2, 0.25) is 0 Å². The number of fused-ring (bicyclic) bond motifs is 3. The predicted molar refractivity (Wildman–Crippen MR) is 106 cm³/mol. The lowest BCUT2D eigenvalue weighted by Crippen LogP contribution is -2.40. The molecule has 1 N–H and O–H groups in total. The van der Waals surface area contributed by atoms with Gasteiger partial charge in [0.15, 0.2) is 6.04 Å². The molecule has 2 aromatic carbocycles. The number of esters is 1. The number of aliphatic imine (C=N–C) groups is 1. The number of rotatable bonds is 4. The summed E-state index contributed by atoms with van der Waals surface area (Å²) >= 11 is 0. The van der Waals surface area contributed by atoms with Crippen molar-refractivity contribution in [2.75, 3.05) is 7.11 Å². The van der Waals surface area contributed by atoms with Gasteiger partial charge in [-0.2, -0.15) is 0 Å². The van der Waals surface area contributed by atoms with Crippen molar-refractivity contribution in [3.05, 3.63) is 59.7 Å². The first kappa shape index (κ1) is 17.9. The van der Waals surface area contributed by atoms with Gasteiger partial charge in [-0.3, -0.25) is 4.99 Å². The largest absolute Gasteiger partial charge is 0.467 e. The van der Waals surface area contributed by atoms with Crippen LogP contribution in [0.5, 0.6) is 0 Å². The van der Waals surface area contributed by atoms with Crippen molar-refractivity contribution in [1.82, 2.24) is 0 Å². The summed E-state index contributed by atoms with van der Waals surface area (Å²) < 4.78 is 5.00. The number of benzene rings is 2. The summed E-state index contributed by atoms with van der Waals surface area (Å²) in [5.41, 5.74) is 5.00. The maximum Gasteiger partial charge on any atom is 0.333 e. The molecule has 2 atom stereocenters. The SMILES string of the molecule is COC(=O)C(N=C1c2ccccc2-c2ccccc21)C(O)C1CCCCC1. The Morgan fingerprint density at radius 1 is 0.963 bits per heavy atom. The highest BCUT2D eigenvalue weighted by molar-refractivity contribution is 6.24. The molecule has 0 amide bonds. The van der Waals surface area contributed by atoms with Gasteiger partial charge < -0.3 is 9.84 Å². The van der Waals surface area contributed by atoms with E-state index in [1.165, 1.54) is 13.5 Å². The molecule has 0 aromatic heterocycles. The molecule has 1 saturated carbocycles. The third-order valence-corrected chi connectivity index (χ3v) is 5.82. The molecule has 0 aliphatic heterocycles. The minimum Gasteiger partial charge on any atom is -0.467 e.